The van der Waals surface area contributed by atoms with Crippen LogP contribution in [0.5, 0.6) is 0 Å². The van der Waals surface area contributed by atoms with Crippen molar-refractivity contribution in [3.05, 3.63) is 65.4 Å². The molecule has 1 aliphatic heterocycles. The summed E-state index contributed by atoms with van der Waals surface area (Å²) in [6.07, 6.45) is 4.89. The fraction of sp³-hybridized carbons (Fsp3) is 0.261. The van der Waals surface area contributed by atoms with E-state index in [2.05, 4.69) is 21.4 Å². The first-order valence-corrected chi connectivity index (χ1v) is 10.4. The number of halogens is 2. The summed E-state index contributed by atoms with van der Waals surface area (Å²) in [6, 6.07) is 9.45. The largest absolute Gasteiger partial charge is 0.419 e. The van der Waals surface area contributed by atoms with Crippen molar-refractivity contribution in [1.29, 1.82) is 0 Å². The zero-order chi connectivity index (χ0) is 24.2. The van der Waals surface area contributed by atoms with E-state index in [9.17, 15) is 18.4 Å². The van der Waals surface area contributed by atoms with Gasteiger partial charge in [-0.1, -0.05) is 12.5 Å². The van der Waals surface area contributed by atoms with Gasteiger partial charge in [0.05, 0.1) is 0 Å². The van der Waals surface area contributed by atoms with Crippen molar-refractivity contribution in [3.8, 4) is 11.5 Å². The van der Waals surface area contributed by atoms with Gasteiger partial charge in [0.1, 0.15) is 23.5 Å². The van der Waals surface area contributed by atoms with Crippen LogP contribution in [0.1, 0.15) is 40.1 Å². The summed E-state index contributed by atoms with van der Waals surface area (Å²) in [7, 11) is 1.50. The molecule has 1 aromatic heterocycles. The molecular weight excluding hydrogens is 432 g/mol. The molecule has 10 heteroatoms. The molecule has 1 saturated heterocycles. The van der Waals surface area contributed by atoms with Gasteiger partial charge in [0.25, 0.3) is 5.91 Å². The molecule has 0 aliphatic carbocycles. The lowest BCUT2D eigenvalue weighted by Gasteiger charge is -2.08. The number of aldehydes is 1. The Balaban J connectivity index is 0.000000411. The number of nitrogens with one attached hydrogen (secondary N) is 2. The fourth-order valence-corrected chi connectivity index (χ4v) is 2.96. The number of carbonyl (C=O) groups excluding carboxylic acids is 2. The molecule has 2 aromatic carbocycles. The van der Waals surface area contributed by atoms with Gasteiger partial charge in [0, 0.05) is 11.3 Å². The molecule has 2 heterocycles. The maximum Gasteiger partial charge on any atom is 0.273 e. The number of nitrogens with two attached hydrogens (primary N) is 2. The van der Waals surface area contributed by atoms with E-state index >= 15 is 0 Å². The Labute approximate surface area is 190 Å². The lowest BCUT2D eigenvalue weighted by molar-refractivity contribution is 0.0996. The van der Waals surface area contributed by atoms with Crippen molar-refractivity contribution in [2.75, 3.05) is 25.5 Å². The van der Waals surface area contributed by atoms with Gasteiger partial charge >= 0.3 is 0 Å². The van der Waals surface area contributed by atoms with Gasteiger partial charge in [-0.25, -0.2) is 13.8 Å². The minimum absolute atomic E-state index is 0.163. The quantitative estimate of drug-likeness (QED) is 0.428. The van der Waals surface area contributed by atoms with E-state index in [1.165, 1.54) is 57.6 Å². The van der Waals surface area contributed by atoms with E-state index < -0.39 is 29.0 Å². The Morgan fingerprint density at radius 2 is 1.67 bits per heavy atom. The zero-order valence-corrected chi connectivity index (χ0v) is 18.2. The van der Waals surface area contributed by atoms with Crippen LogP contribution in [0, 0.1) is 11.6 Å². The van der Waals surface area contributed by atoms with Gasteiger partial charge in [0.2, 0.25) is 11.8 Å². The van der Waals surface area contributed by atoms with Gasteiger partial charge in [-0.2, -0.15) is 0 Å². The van der Waals surface area contributed by atoms with Crippen LogP contribution in [-0.4, -0.2) is 37.3 Å². The Hall–Kier alpha value is -3.63. The van der Waals surface area contributed by atoms with Crippen LogP contribution in [0.3, 0.4) is 0 Å². The minimum Gasteiger partial charge on any atom is -0.419 e. The number of hydrogen-bond acceptors (Lipinski definition) is 7. The molecule has 0 unspecified atom stereocenters. The summed E-state index contributed by atoms with van der Waals surface area (Å²) in [5, 5.41) is 6.03. The number of benzene rings is 2. The highest BCUT2D eigenvalue weighted by molar-refractivity contribution is 5.96. The molecule has 3 aromatic rings. The van der Waals surface area contributed by atoms with Crippen LogP contribution < -0.4 is 22.1 Å². The number of anilines is 2. The van der Waals surface area contributed by atoms with Gasteiger partial charge in [-0.3, -0.25) is 9.59 Å². The van der Waals surface area contributed by atoms with Crippen molar-refractivity contribution in [3.63, 3.8) is 0 Å². The van der Waals surface area contributed by atoms with Crippen molar-refractivity contribution >= 4 is 23.8 Å². The Bertz CT molecular complexity index is 1020. The predicted molar refractivity (Wildman–Crippen MR) is 122 cm³/mol. The smallest absolute Gasteiger partial charge is 0.273 e. The second-order valence-electron chi connectivity index (χ2n) is 6.83. The fourth-order valence-electron chi connectivity index (χ4n) is 2.96. The van der Waals surface area contributed by atoms with Gasteiger partial charge in [-0.15, -0.1) is 0 Å². The van der Waals surface area contributed by atoms with Crippen LogP contribution in [0.15, 0.2) is 46.9 Å². The Morgan fingerprint density at radius 3 is 2.12 bits per heavy atom. The number of piperidine rings is 1. The summed E-state index contributed by atoms with van der Waals surface area (Å²) in [6.45, 7) is 2.50. The number of nitrogens with zero attached hydrogens (tertiary/aromatic N) is 1. The molecule has 1 fully saturated rings. The summed E-state index contributed by atoms with van der Waals surface area (Å²) in [5.74, 6) is -3.29. The van der Waals surface area contributed by atoms with Crippen LogP contribution in [0.4, 0.5) is 20.4 Å². The van der Waals surface area contributed by atoms with Gasteiger partial charge in [0.15, 0.2) is 5.69 Å². The van der Waals surface area contributed by atoms with Crippen molar-refractivity contribution in [1.82, 2.24) is 10.3 Å². The SMILES string of the molecule is C1CCNCC1.CN.NC(=O)c1nc(-c2c(F)cccc2F)oc1Nc1ccc(C=O)cc1. The van der Waals surface area contributed by atoms with E-state index in [1.807, 2.05) is 0 Å². The standard InChI is InChI=1S/C17H11F2N3O3.C5H11N.CH5N/c18-11-2-1-3-12(19)13(11)16-22-14(15(20)24)17(25-16)21-10-6-4-9(8-23)5-7-10;1-2-4-6-5-3-1;1-2/h1-8,21H,(H2,20,24);6H,1-5H2;2H2,1H3. The molecule has 1 aliphatic rings. The summed E-state index contributed by atoms with van der Waals surface area (Å²) < 4.78 is 33.1. The van der Waals surface area contributed by atoms with E-state index in [1.54, 1.807) is 12.1 Å². The zero-order valence-electron chi connectivity index (χ0n) is 18.2. The summed E-state index contributed by atoms with van der Waals surface area (Å²) in [4.78, 5) is 26.0. The van der Waals surface area contributed by atoms with E-state index in [4.69, 9.17) is 10.2 Å². The summed E-state index contributed by atoms with van der Waals surface area (Å²) in [5.41, 5.74) is 9.85. The van der Waals surface area contributed by atoms with Crippen LogP contribution in [-0.2, 0) is 0 Å². The maximum atomic E-state index is 13.9. The van der Waals surface area contributed by atoms with Crippen LogP contribution >= 0.6 is 0 Å². The van der Waals surface area contributed by atoms with Crippen molar-refractivity contribution in [2.24, 2.45) is 11.5 Å². The topological polar surface area (TPSA) is 136 Å². The monoisotopic (exact) mass is 459 g/mol. The molecule has 1 amide bonds. The third-order valence-corrected chi connectivity index (χ3v) is 4.55. The predicted octanol–water partition coefficient (Wildman–Crippen LogP) is 3.61. The highest BCUT2D eigenvalue weighted by Crippen LogP contribution is 2.31. The first-order valence-electron chi connectivity index (χ1n) is 10.4. The highest BCUT2D eigenvalue weighted by atomic mass is 19.1. The first-order chi connectivity index (χ1) is 16.0. The average Bonchev–Trinajstić information content (AvgIpc) is 3.26. The molecule has 8 nitrogen and oxygen atoms in total. The Morgan fingerprint density at radius 1 is 1.06 bits per heavy atom. The number of aromatic nitrogens is 1. The molecule has 0 spiro atoms. The number of oxazole rings is 1. The molecule has 6 N–H and O–H groups in total. The molecule has 0 saturated carbocycles. The van der Waals surface area contributed by atoms with E-state index in [0.717, 1.165) is 12.1 Å². The van der Waals surface area contributed by atoms with Crippen molar-refractivity contribution < 1.29 is 22.8 Å². The lowest BCUT2D eigenvalue weighted by Crippen LogP contribution is -2.21. The minimum atomic E-state index is -0.932. The molecule has 33 heavy (non-hydrogen) atoms. The van der Waals surface area contributed by atoms with E-state index in [-0.39, 0.29) is 11.6 Å². The first kappa shape index (κ1) is 25.6. The number of amides is 1. The number of primary amides is 1. The molecular formula is C23H27F2N5O3. The number of carbonyl (C=O) groups is 2. The third kappa shape index (κ3) is 7.19. The second-order valence-corrected chi connectivity index (χ2v) is 6.83. The maximum absolute atomic E-state index is 13.9. The number of rotatable bonds is 5. The molecule has 4 rings (SSSR count). The second kappa shape index (κ2) is 13.0. The lowest BCUT2D eigenvalue weighted by atomic mass is 10.2. The van der Waals surface area contributed by atoms with Gasteiger partial charge in [-0.05, 0) is 69.4 Å². The normalized spacial score (nSPS) is 12.5. The molecule has 0 atom stereocenters. The van der Waals surface area contributed by atoms with E-state index in [0.29, 0.717) is 17.5 Å². The summed E-state index contributed by atoms with van der Waals surface area (Å²) >= 11 is 0. The van der Waals surface area contributed by atoms with Crippen LogP contribution in [0.2, 0.25) is 0 Å². The Kier molecular flexibility index (Phi) is 10.1. The van der Waals surface area contributed by atoms with Crippen LogP contribution in [0.25, 0.3) is 11.5 Å². The highest BCUT2D eigenvalue weighted by Gasteiger charge is 2.23. The molecule has 176 valence electrons. The van der Waals surface area contributed by atoms with Gasteiger partial charge < -0.3 is 26.5 Å². The third-order valence-electron chi connectivity index (χ3n) is 4.55. The average molecular weight is 459 g/mol. The number of hydrogen-bond donors (Lipinski definition) is 4. The van der Waals surface area contributed by atoms with Crippen molar-refractivity contribution in [2.45, 2.75) is 19.3 Å². The molecule has 0 radical (unpaired) electrons. The molecule has 0 bridgehead atoms.